The predicted molar refractivity (Wildman–Crippen MR) is 97.7 cm³/mol. The van der Waals surface area contributed by atoms with E-state index >= 15 is 0 Å². The molecule has 4 rings (SSSR count). The molecule has 0 radical (unpaired) electrons. The molecule has 0 saturated heterocycles. The third kappa shape index (κ3) is 2.87. The summed E-state index contributed by atoms with van der Waals surface area (Å²) in [7, 11) is -3.30. The fourth-order valence-electron chi connectivity index (χ4n) is 2.88. The van der Waals surface area contributed by atoms with Gasteiger partial charge in [-0.3, -0.25) is 4.79 Å². The van der Waals surface area contributed by atoms with E-state index in [1.165, 1.54) is 36.0 Å². The maximum atomic E-state index is 13.3. The zero-order chi connectivity index (χ0) is 18.5. The van der Waals surface area contributed by atoms with E-state index in [-0.39, 0.29) is 16.5 Å². The maximum Gasteiger partial charge on any atom is 0.209 e. The topological polar surface area (TPSA) is 64.3 Å². The Bertz CT molecular complexity index is 1110. The average molecular weight is 388 g/mol. The molecule has 0 bridgehead atoms. The zero-order valence-corrected chi connectivity index (χ0v) is 15.3. The normalized spacial score (nSPS) is 13.8. The van der Waals surface area contributed by atoms with E-state index in [0.29, 0.717) is 22.8 Å². The van der Waals surface area contributed by atoms with Crippen LogP contribution in [-0.4, -0.2) is 26.2 Å². The van der Waals surface area contributed by atoms with Gasteiger partial charge in [0.2, 0.25) is 5.78 Å². The average Bonchev–Trinajstić information content (AvgIpc) is 3.15. The van der Waals surface area contributed by atoms with Crippen LogP contribution in [0.2, 0.25) is 0 Å². The molecule has 2 heterocycles. The number of carbonyl (C=O) groups excluding carboxylic acids is 1. The second kappa shape index (κ2) is 6.10. The smallest absolute Gasteiger partial charge is 0.209 e. The molecule has 1 aliphatic heterocycles. The van der Waals surface area contributed by atoms with Crippen LogP contribution < -0.4 is 0 Å². The lowest BCUT2D eigenvalue weighted by Crippen LogP contribution is -1.96. The molecule has 0 spiro atoms. The van der Waals surface area contributed by atoms with Gasteiger partial charge in [-0.1, -0.05) is 12.1 Å². The Labute approximate surface area is 154 Å². The number of rotatable bonds is 3. The highest BCUT2D eigenvalue weighted by molar-refractivity contribution is 8.00. The summed E-state index contributed by atoms with van der Waals surface area (Å²) in [4.78, 5) is 13.0. The number of benzene rings is 2. The van der Waals surface area contributed by atoms with Crippen molar-refractivity contribution in [1.29, 1.82) is 0 Å². The molecule has 0 amide bonds. The fourth-order valence-corrected chi connectivity index (χ4v) is 4.55. The highest BCUT2D eigenvalue weighted by Gasteiger charge is 2.32. The molecular weight excluding hydrogens is 375 g/mol. The van der Waals surface area contributed by atoms with E-state index in [0.717, 1.165) is 22.3 Å². The highest BCUT2D eigenvalue weighted by Crippen LogP contribution is 2.47. The summed E-state index contributed by atoms with van der Waals surface area (Å²) in [6.45, 7) is 0. The number of furan rings is 1. The summed E-state index contributed by atoms with van der Waals surface area (Å²) in [5.41, 5.74) is 2.11. The summed E-state index contributed by atoms with van der Waals surface area (Å²) in [6.07, 6.45) is 1.15. The van der Waals surface area contributed by atoms with E-state index in [1.54, 1.807) is 24.3 Å². The van der Waals surface area contributed by atoms with E-state index in [4.69, 9.17) is 4.42 Å². The minimum atomic E-state index is -3.30. The predicted octanol–water partition coefficient (Wildman–Crippen LogP) is 4.44. The molecule has 0 aliphatic carbocycles. The number of hydrogen-bond donors (Lipinski definition) is 0. The molecule has 0 fully saturated rings. The SMILES string of the molecule is CS(=O)(=O)c1ccc(-c2c(-c3ccc(F)cc3)oc3c2SCC3=O)cc1. The Morgan fingerprint density at radius 3 is 2.19 bits per heavy atom. The minimum absolute atomic E-state index is 0.0904. The van der Waals surface area contributed by atoms with Crippen molar-refractivity contribution in [2.45, 2.75) is 9.79 Å². The number of ketones is 1. The largest absolute Gasteiger partial charge is 0.451 e. The molecule has 0 N–H and O–H groups in total. The zero-order valence-electron chi connectivity index (χ0n) is 13.7. The Morgan fingerprint density at radius 1 is 0.962 bits per heavy atom. The Kier molecular flexibility index (Phi) is 4.00. The monoisotopic (exact) mass is 388 g/mol. The Morgan fingerprint density at radius 2 is 1.58 bits per heavy atom. The molecule has 1 aliphatic rings. The van der Waals surface area contributed by atoms with Gasteiger partial charge in [0.05, 0.1) is 15.5 Å². The Hall–Kier alpha value is -2.38. The van der Waals surface area contributed by atoms with Crippen LogP contribution in [0.15, 0.2) is 62.7 Å². The minimum Gasteiger partial charge on any atom is -0.451 e. The number of halogens is 1. The second-order valence-corrected chi connectivity index (χ2v) is 8.98. The number of thioether (sulfide) groups is 1. The first-order chi connectivity index (χ1) is 12.3. The first-order valence-electron chi connectivity index (χ1n) is 7.74. The molecule has 1 aromatic heterocycles. The van der Waals surface area contributed by atoms with Gasteiger partial charge >= 0.3 is 0 Å². The van der Waals surface area contributed by atoms with Crippen molar-refractivity contribution < 1.29 is 22.0 Å². The van der Waals surface area contributed by atoms with Crippen LogP contribution in [0.25, 0.3) is 22.5 Å². The lowest BCUT2D eigenvalue weighted by molar-refractivity contribution is 0.0993. The number of fused-ring (bicyclic) bond motifs is 1. The summed E-state index contributed by atoms with van der Waals surface area (Å²) in [6, 6.07) is 12.3. The van der Waals surface area contributed by atoms with E-state index < -0.39 is 9.84 Å². The van der Waals surface area contributed by atoms with Crippen LogP contribution in [0.1, 0.15) is 10.6 Å². The molecule has 0 unspecified atom stereocenters. The number of carbonyl (C=O) groups is 1. The van der Waals surface area contributed by atoms with Gasteiger partial charge in [0.15, 0.2) is 15.6 Å². The first kappa shape index (κ1) is 17.1. The quantitative estimate of drug-likeness (QED) is 0.663. The maximum absolute atomic E-state index is 13.3. The molecular formula is C19H13FO4S2. The molecule has 0 atom stereocenters. The van der Waals surface area contributed by atoms with Crippen LogP contribution in [-0.2, 0) is 9.84 Å². The van der Waals surface area contributed by atoms with Crippen molar-refractivity contribution in [1.82, 2.24) is 0 Å². The number of Topliss-reactive ketones (excluding diaryl/α,β-unsaturated/α-hetero) is 1. The standard InChI is InChI=1S/C19H13FO4S2/c1-26(22,23)14-8-4-11(5-9-14)16-17(12-2-6-13(20)7-3-12)24-18-15(21)10-25-19(16)18/h2-9H,10H2,1H3. The molecule has 0 saturated carbocycles. The summed E-state index contributed by atoms with van der Waals surface area (Å²) in [5.74, 6) is 0.635. The van der Waals surface area contributed by atoms with Gasteiger partial charge in [0, 0.05) is 17.4 Å². The molecule has 26 heavy (non-hydrogen) atoms. The van der Waals surface area contributed by atoms with E-state index in [9.17, 15) is 17.6 Å². The van der Waals surface area contributed by atoms with Crippen LogP contribution >= 0.6 is 11.8 Å². The number of sulfone groups is 1. The van der Waals surface area contributed by atoms with Crippen molar-refractivity contribution in [2.24, 2.45) is 0 Å². The van der Waals surface area contributed by atoms with Crippen molar-refractivity contribution in [3.63, 3.8) is 0 Å². The van der Waals surface area contributed by atoms with Crippen molar-refractivity contribution >= 4 is 27.4 Å². The van der Waals surface area contributed by atoms with Gasteiger partial charge < -0.3 is 4.42 Å². The third-order valence-corrected chi connectivity index (χ3v) is 6.36. The summed E-state index contributed by atoms with van der Waals surface area (Å²) < 4.78 is 42.5. The molecule has 3 aromatic rings. The van der Waals surface area contributed by atoms with Crippen molar-refractivity contribution in [3.8, 4) is 22.5 Å². The van der Waals surface area contributed by atoms with Gasteiger partial charge in [-0.25, -0.2) is 12.8 Å². The lowest BCUT2D eigenvalue weighted by atomic mass is 10.0. The molecule has 4 nitrogen and oxygen atoms in total. The van der Waals surface area contributed by atoms with Gasteiger partial charge in [0.1, 0.15) is 11.6 Å². The van der Waals surface area contributed by atoms with Crippen LogP contribution in [0.5, 0.6) is 0 Å². The highest BCUT2D eigenvalue weighted by atomic mass is 32.2. The van der Waals surface area contributed by atoms with Gasteiger partial charge in [-0.2, -0.15) is 0 Å². The van der Waals surface area contributed by atoms with Crippen molar-refractivity contribution in [3.05, 3.63) is 60.1 Å². The summed E-state index contributed by atoms with van der Waals surface area (Å²) >= 11 is 1.39. The fraction of sp³-hybridized carbons (Fsp3) is 0.105. The van der Waals surface area contributed by atoms with Crippen molar-refractivity contribution in [2.75, 3.05) is 12.0 Å². The Balaban J connectivity index is 1.91. The van der Waals surface area contributed by atoms with Gasteiger partial charge in [0.25, 0.3) is 0 Å². The van der Waals surface area contributed by atoms with Crippen LogP contribution in [0, 0.1) is 5.82 Å². The lowest BCUT2D eigenvalue weighted by Gasteiger charge is -2.07. The third-order valence-electron chi connectivity index (χ3n) is 4.14. The van der Waals surface area contributed by atoms with Gasteiger partial charge in [-0.15, -0.1) is 11.8 Å². The molecule has 2 aromatic carbocycles. The van der Waals surface area contributed by atoms with Crippen LogP contribution in [0.4, 0.5) is 4.39 Å². The second-order valence-electron chi connectivity index (χ2n) is 5.98. The molecule has 7 heteroatoms. The van der Waals surface area contributed by atoms with E-state index in [2.05, 4.69) is 0 Å². The van der Waals surface area contributed by atoms with E-state index in [1.807, 2.05) is 0 Å². The van der Waals surface area contributed by atoms with Gasteiger partial charge in [-0.05, 0) is 42.0 Å². The molecule has 132 valence electrons. The number of hydrogen-bond acceptors (Lipinski definition) is 5. The van der Waals surface area contributed by atoms with Crippen LogP contribution in [0.3, 0.4) is 0 Å². The first-order valence-corrected chi connectivity index (χ1v) is 10.6. The summed E-state index contributed by atoms with van der Waals surface area (Å²) in [5, 5.41) is 0.